The van der Waals surface area contributed by atoms with Crippen LogP contribution in [0.5, 0.6) is 11.5 Å². The maximum absolute atomic E-state index is 13.7. The number of ether oxygens (including phenoxy) is 2. The fraction of sp³-hybridized carbons (Fsp3) is 0.0952. The number of alkyl halides is 3. The Labute approximate surface area is 183 Å². The third kappa shape index (κ3) is 3.69. The van der Waals surface area contributed by atoms with Crippen LogP contribution in [0.1, 0.15) is 16.2 Å². The van der Waals surface area contributed by atoms with Gasteiger partial charge in [0.2, 0.25) is 6.79 Å². The normalized spacial score (nSPS) is 12.9. The third-order valence-electron chi connectivity index (χ3n) is 4.72. The Kier molecular flexibility index (Phi) is 4.66. The van der Waals surface area contributed by atoms with Crippen molar-refractivity contribution >= 4 is 28.8 Å². The van der Waals surface area contributed by atoms with Crippen LogP contribution in [-0.2, 0) is 6.18 Å². The first kappa shape index (κ1) is 20.1. The van der Waals surface area contributed by atoms with E-state index in [4.69, 9.17) is 21.1 Å². The zero-order valence-corrected chi connectivity index (χ0v) is 16.7. The van der Waals surface area contributed by atoms with Crippen molar-refractivity contribution in [3.63, 3.8) is 0 Å². The van der Waals surface area contributed by atoms with Gasteiger partial charge >= 0.3 is 6.18 Å². The van der Waals surface area contributed by atoms with E-state index < -0.39 is 17.8 Å². The summed E-state index contributed by atoms with van der Waals surface area (Å²) in [6.45, 7) is 0.0704. The van der Waals surface area contributed by atoms with Crippen LogP contribution in [0.15, 0.2) is 54.6 Å². The van der Waals surface area contributed by atoms with Crippen molar-refractivity contribution in [2.75, 3.05) is 12.1 Å². The lowest BCUT2D eigenvalue weighted by Gasteiger charge is -2.11. The molecule has 2 aromatic heterocycles. The average Bonchev–Trinajstić information content (AvgIpc) is 3.39. The van der Waals surface area contributed by atoms with Crippen molar-refractivity contribution in [2.24, 2.45) is 0 Å². The van der Waals surface area contributed by atoms with Gasteiger partial charge in [0.15, 0.2) is 28.5 Å². The van der Waals surface area contributed by atoms with Gasteiger partial charge in [-0.05, 0) is 30.3 Å². The number of hydrogen-bond donors (Lipinski definition) is 1. The number of nitrogens with one attached hydrogen (secondary N) is 1. The predicted octanol–water partition coefficient (Wildman–Crippen LogP) is 5.05. The summed E-state index contributed by atoms with van der Waals surface area (Å²) in [5, 5.41) is 6.87. The number of halogens is 4. The molecule has 1 aliphatic heterocycles. The summed E-state index contributed by atoms with van der Waals surface area (Å²) in [7, 11) is 0. The molecular formula is C21H12ClF3N4O3. The number of amides is 1. The lowest BCUT2D eigenvalue weighted by atomic mass is 10.1. The molecule has 1 N–H and O–H groups in total. The van der Waals surface area contributed by atoms with E-state index in [0.717, 1.165) is 6.07 Å². The van der Waals surface area contributed by atoms with Crippen molar-refractivity contribution in [2.45, 2.75) is 6.18 Å². The van der Waals surface area contributed by atoms with Gasteiger partial charge in [-0.3, -0.25) is 4.79 Å². The van der Waals surface area contributed by atoms with Crippen molar-refractivity contribution in [1.82, 2.24) is 14.6 Å². The third-order valence-corrected chi connectivity index (χ3v) is 4.97. The molecule has 0 aliphatic carbocycles. The van der Waals surface area contributed by atoms with Crippen LogP contribution >= 0.6 is 11.6 Å². The van der Waals surface area contributed by atoms with Gasteiger partial charge in [-0.2, -0.15) is 18.3 Å². The minimum absolute atomic E-state index is 0.0704. The highest BCUT2D eigenvalue weighted by atomic mass is 35.5. The maximum atomic E-state index is 13.7. The molecule has 0 saturated carbocycles. The van der Waals surface area contributed by atoms with Crippen LogP contribution in [0.2, 0.25) is 5.02 Å². The minimum atomic E-state index is -4.72. The average molecular weight is 461 g/mol. The minimum Gasteiger partial charge on any atom is -0.454 e. The Morgan fingerprint density at radius 2 is 1.78 bits per heavy atom. The Bertz CT molecular complexity index is 1350. The first-order chi connectivity index (χ1) is 15.3. The van der Waals surface area contributed by atoms with Crippen LogP contribution in [0.4, 0.5) is 18.9 Å². The molecule has 7 nitrogen and oxygen atoms in total. The second kappa shape index (κ2) is 7.41. The summed E-state index contributed by atoms with van der Waals surface area (Å²) >= 11 is 5.86. The largest absolute Gasteiger partial charge is 0.454 e. The van der Waals surface area contributed by atoms with Gasteiger partial charge in [0, 0.05) is 28.4 Å². The van der Waals surface area contributed by atoms with E-state index in [1.54, 1.807) is 42.5 Å². The lowest BCUT2D eigenvalue weighted by Crippen LogP contribution is -2.15. The zero-order valence-electron chi connectivity index (χ0n) is 16.0. The van der Waals surface area contributed by atoms with Crippen LogP contribution < -0.4 is 14.8 Å². The Morgan fingerprint density at radius 3 is 2.53 bits per heavy atom. The molecule has 0 bridgehead atoms. The van der Waals surface area contributed by atoms with Gasteiger partial charge < -0.3 is 14.8 Å². The molecule has 0 fully saturated rings. The smallest absolute Gasteiger partial charge is 0.433 e. The monoisotopic (exact) mass is 460 g/mol. The summed E-state index contributed by atoms with van der Waals surface area (Å²) in [6.07, 6.45) is -4.72. The highest BCUT2D eigenvalue weighted by Crippen LogP contribution is 2.35. The summed E-state index contributed by atoms with van der Waals surface area (Å²) in [5.41, 5.74) is -0.523. The van der Waals surface area contributed by atoms with Crippen molar-refractivity contribution < 1.29 is 27.4 Å². The molecule has 0 unspecified atom stereocenters. The molecule has 0 spiro atoms. The van der Waals surface area contributed by atoms with Gasteiger partial charge in [-0.25, -0.2) is 9.50 Å². The SMILES string of the molecule is O=C(Nc1ccc2c(c1)OCO2)c1cc2nc(-c3ccc(Cl)cc3)cc(C(F)(F)F)n2n1. The van der Waals surface area contributed by atoms with Gasteiger partial charge in [-0.1, -0.05) is 23.7 Å². The number of anilines is 1. The van der Waals surface area contributed by atoms with E-state index in [1.165, 1.54) is 6.07 Å². The van der Waals surface area contributed by atoms with E-state index in [-0.39, 0.29) is 23.8 Å². The van der Waals surface area contributed by atoms with Crippen LogP contribution in [0.25, 0.3) is 16.9 Å². The first-order valence-electron chi connectivity index (χ1n) is 9.23. The fourth-order valence-corrected chi connectivity index (χ4v) is 3.35. The van der Waals surface area contributed by atoms with E-state index in [0.29, 0.717) is 32.3 Å². The summed E-state index contributed by atoms with van der Waals surface area (Å²) in [5.74, 6) is 0.284. The van der Waals surface area contributed by atoms with Crippen molar-refractivity contribution in [3.8, 4) is 22.8 Å². The number of fused-ring (bicyclic) bond motifs is 2. The molecular weight excluding hydrogens is 449 g/mol. The van der Waals surface area contributed by atoms with Crippen molar-refractivity contribution in [1.29, 1.82) is 0 Å². The quantitative estimate of drug-likeness (QED) is 0.463. The van der Waals surface area contributed by atoms with Gasteiger partial charge in [-0.15, -0.1) is 0 Å². The Balaban J connectivity index is 1.53. The van der Waals surface area contributed by atoms with Crippen molar-refractivity contribution in [3.05, 3.63) is 71.0 Å². The molecule has 0 radical (unpaired) electrons. The standard InChI is InChI=1S/C21H12ClF3N4O3/c22-12-3-1-11(2-4-12)14-8-18(21(23,24)25)29-19(27-14)9-15(28-29)20(30)26-13-5-6-16-17(7-13)32-10-31-16/h1-9H,10H2,(H,26,30). The van der Waals surface area contributed by atoms with E-state index >= 15 is 0 Å². The lowest BCUT2D eigenvalue weighted by molar-refractivity contribution is -0.142. The maximum Gasteiger partial charge on any atom is 0.433 e. The number of carbonyl (C=O) groups excluding carboxylic acids is 1. The number of carbonyl (C=O) groups is 1. The molecule has 5 rings (SSSR count). The zero-order chi connectivity index (χ0) is 22.5. The number of benzene rings is 2. The van der Waals surface area contributed by atoms with E-state index in [9.17, 15) is 18.0 Å². The molecule has 1 amide bonds. The predicted molar refractivity (Wildman–Crippen MR) is 109 cm³/mol. The topological polar surface area (TPSA) is 77.8 Å². The molecule has 162 valence electrons. The van der Waals surface area contributed by atoms with Crippen LogP contribution in [-0.4, -0.2) is 27.3 Å². The number of hydrogen-bond acceptors (Lipinski definition) is 5. The van der Waals surface area contributed by atoms with E-state index in [2.05, 4.69) is 15.4 Å². The van der Waals surface area contributed by atoms with Gasteiger partial charge in [0.25, 0.3) is 5.91 Å². The number of rotatable bonds is 3. The van der Waals surface area contributed by atoms with E-state index in [1.807, 2.05) is 0 Å². The number of nitrogens with zero attached hydrogens (tertiary/aromatic N) is 3. The molecule has 4 aromatic rings. The summed E-state index contributed by atoms with van der Waals surface area (Å²) in [4.78, 5) is 16.9. The molecule has 0 saturated heterocycles. The molecule has 3 heterocycles. The molecule has 11 heteroatoms. The summed E-state index contributed by atoms with van der Waals surface area (Å²) in [6, 6.07) is 13.0. The molecule has 32 heavy (non-hydrogen) atoms. The van der Waals surface area contributed by atoms with Gasteiger partial charge in [0.05, 0.1) is 5.69 Å². The van der Waals surface area contributed by atoms with Gasteiger partial charge in [0.1, 0.15) is 0 Å². The first-order valence-corrected chi connectivity index (χ1v) is 9.61. The highest BCUT2D eigenvalue weighted by Gasteiger charge is 2.35. The van der Waals surface area contributed by atoms with Crippen LogP contribution in [0, 0.1) is 0 Å². The molecule has 0 atom stereocenters. The second-order valence-electron chi connectivity index (χ2n) is 6.85. The Morgan fingerprint density at radius 1 is 1.03 bits per heavy atom. The molecule has 2 aromatic carbocycles. The summed E-state index contributed by atoms with van der Waals surface area (Å²) < 4.78 is 52.2. The van der Waals surface area contributed by atoms with Crippen LogP contribution in [0.3, 0.4) is 0 Å². The highest BCUT2D eigenvalue weighted by molar-refractivity contribution is 6.30. The Hall–Kier alpha value is -3.79. The molecule has 1 aliphatic rings. The number of aromatic nitrogens is 3. The second-order valence-corrected chi connectivity index (χ2v) is 7.29. The fourth-order valence-electron chi connectivity index (χ4n) is 3.23.